The summed E-state index contributed by atoms with van der Waals surface area (Å²) in [6.45, 7) is 5.89. The summed E-state index contributed by atoms with van der Waals surface area (Å²) in [5, 5.41) is 6.74. The van der Waals surface area contributed by atoms with Crippen LogP contribution in [0.25, 0.3) is 17.1 Å². The van der Waals surface area contributed by atoms with Crippen molar-refractivity contribution in [3.8, 4) is 17.1 Å². The summed E-state index contributed by atoms with van der Waals surface area (Å²) in [7, 11) is 0. The first kappa shape index (κ1) is 14.5. The maximum Gasteiger partial charge on any atom is 0.224 e. The molecule has 0 saturated carbocycles. The van der Waals surface area contributed by atoms with Crippen LogP contribution in [0.3, 0.4) is 0 Å². The predicted molar refractivity (Wildman–Crippen MR) is 84.0 cm³/mol. The molecule has 0 radical (unpaired) electrons. The molecule has 0 aliphatic heterocycles. The van der Waals surface area contributed by atoms with Gasteiger partial charge < -0.3 is 10.3 Å². The van der Waals surface area contributed by atoms with Gasteiger partial charge in [-0.05, 0) is 26.8 Å². The lowest BCUT2D eigenvalue weighted by Crippen LogP contribution is -2.13. The van der Waals surface area contributed by atoms with Crippen molar-refractivity contribution in [3.63, 3.8) is 0 Å². The van der Waals surface area contributed by atoms with Gasteiger partial charge in [0.05, 0.1) is 12.1 Å². The fourth-order valence-corrected chi connectivity index (χ4v) is 3.30. The molecule has 0 spiro atoms. The normalized spacial score (nSPS) is 11.0. The number of carbonyl (C=O) groups is 1. The van der Waals surface area contributed by atoms with Gasteiger partial charge in [0.15, 0.2) is 5.82 Å². The van der Waals surface area contributed by atoms with Crippen LogP contribution in [0.4, 0.5) is 0 Å². The zero-order valence-electron chi connectivity index (χ0n) is 12.6. The van der Waals surface area contributed by atoms with Crippen molar-refractivity contribution in [2.45, 2.75) is 27.2 Å². The highest BCUT2D eigenvalue weighted by molar-refractivity contribution is 7.10. The van der Waals surface area contributed by atoms with Gasteiger partial charge >= 0.3 is 0 Å². The first-order valence-corrected chi connectivity index (χ1v) is 7.69. The molecule has 114 valence electrons. The smallest absolute Gasteiger partial charge is 0.224 e. The molecule has 2 N–H and O–H groups in total. The van der Waals surface area contributed by atoms with Gasteiger partial charge in [0.1, 0.15) is 10.8 Å². The summed E-state index contributed by atoms with van der Waals surface area (Å²) in [4.78, 5) is 15.5. The number of hydrogen-bond donors (Lipinski definition) is 1. The van der Waals surface area contributed by atoms with Crippen LogP contribution < -0.4 is 5.73 Å². The minimum absolute atomic E-state index is 0.173. The fraction of sp³-hybridized carbons (Fsp3) is 0.267. The van der Waals surface area contributed by atoms with E-state index in [-0.39, 0.29) is 12.3 Å². The van der Waals surface area contributed by atoms with E-state index in [1.54, 1.807) is 0 Å². The second-order valence-corrected chi connectivity index (χ2v) is 6.13. The predicted octanol–water partition coefficient (Wildman–Crippen LogP) is 2.54. The third-order valence-corrected chi connectivity index (χ3v) is 4.28. The van der Waals surface area contributed by atoms with Crippen molar-refractivity contribution in [2.75, 3.05) is 0 Å². The lowest BCUT2D eigenvalue weighted by atomic mass is 10.2. The van der Waals surface area contributed by atoms with Gasteiger partial charge in [-0.1, -0.05) is 5.16 Å². The standard InChI is InChI=1S/C15H16N4O2S/c1-8-4-11(12-7-22-15(17-12)6-13(16)20)10(3)19(8)14-5-9(2)21-18-14/h4-5,7H,6H2,1-3H3,(H2,16,20). The summed E-state index contributed by atoms with van der Waals surface area (Å²) in [5.41, 5.74) is 9.16. The van der Waals surface area contributed by atoms with E-state index in [1.165, 1.54) is 11.3 Å². The molecular weight excluding hydrogens is 300 g/mol. The monoisotopic (exact) mass is 316 g/mol. The van der Waals surface area contributed by atoms with Crippen LogP contribution in [-0.4, -0.2) is 20.6 Å². The van der Waals surface area contributed by atoms with E-state index >= 15 is 0 Å². The largest absolute Gasteiger partial charge is 0.369 e. The highest BCUT2D eigenvalue weighted by Crippen LogP contribution is 2.30. The van der Waals surface area contributed by atoms with Crippen molar-refractivity contribution in [2.24, 2.45) is 5.73 Å². The average Bonchev–Trinajstić information content (AvgIpc) is 3.10. The average molecular weight is 316 g/mol. The molecule has 0 atom stereocenters. The molecule has 0 aliphatic carbocycles. The number of nitrogens with zero attached hydrogens (tertiary/aromatic N) is 3. The van der Waals surface area contributed by atoms with Crippen molar-refractivity contribution in [1.82, 2.24) is 14.7 Å². The molecule has 0 unspecified atom stereocenters. The number of hydrogen-bond acceptors (Lipinski definition) is 5. The fourth-order valence-electron chi connectivity index (χ4n) is 2.50. The quantitative estimate of drug-likeness (QED) is 0.801. The molecule has 3 aromatic heterocycles. The van der Waals surface area contributed by atoms with Gasteiger partial charge in [-0.2, -0.15) is 0 Å². The highest BCUT2D eigenvalue weighted by atomic mass is 32.1. The molecule has 22 heavy (non-hydrogen) atoms. The Balaban J connectivity index is 2.02. The first-order valence-electron chi connectivity index (χ1n) is 6.81. The summed E-state index contributed by atoms with van der Waals surface area (Å²) >= 11 is 1.44. The van der Waals surface area contributed by atoms with Gasteiger partial charge in [-0.3, -0.25) is 9.36 Å². The molecule has 3 heterocycles. The zero-order valence-corrected chi connectivity index (χ0v) is 13.4. The van der Waals surface area contributed by atoms with Crippen molar-refractivity contribution < 1.29 is 9.32 Å². The van der Waals surface area contributed by atoms with Crippen LogP contribution in [-0.2, 0) is 11.2 Å². The van der Waals surface area contributed by atoms with Crippen LogP contribution in [0, 0.1) is 20.8 Å². The molecule has 6 nitrogen and oxygen atoms in total. The van der Waals surface area contributed by atoms with E-state index in [1.807, 2.05) is 36.8 Å². The van der Waals surface area contributed by atoms with Gasteiger partial charge in [0.25, 0.3) is 0 Å². The summed E-state index contributed by atoms with van der Waals surface area (Å²) in [5.74, 6) is 1.15. The number of carbonyl (C=O) groups excluding carboxylic acids is 1. The third-order valence-electron chi connectivity index (χ3n) is 3.43. The number of nitrogens with two attached hydrogens (primary N) is 1. The van der Waals surface area contributed by atoms with E-state index in [0.29, 0.717) is 0 Å². The Morgan fingerprint density at radius 1 is 1.36 bits per heavy atom. The molecule has 0 aromatic carbocycles. The lowest BCUT2D eigenvalue weighted by Gasteiger charge is -2.04. The van der Waals surface area contributed by atoms with Crippen LogP contribution in [0.5, 0.6) is 0 Å². The van der Waals surface area contributed by atoms with E-state index < -0.39 is 0 Å². The molecule has 0 aliphatic rings. The van der Waals surface area contributed by atoms with Crippen molar-refractivity contribution >= 4 is 17.2 Å². The molecule has 3 aromatic rings. The van der Waals surface area contributed by atoms with Gasteiger partial charge in [-0.15, -0.1) is 11.3 Å². The number of amides is 1. The van der Waals surface area contributed by atoms with Gasteiger partial charge in [-0.25, -0.2) is 4.98 Å². The molecule has 0 fully saturated rings. The Labute approximate surface area is 131 Å². The lowest BCUT2D eigenvalue weighted by molar-refractivity contribution is -0.117. The van der Waals surface area contributed by atoms with Gasteiger partial charge in [0, 0.05) is 28.4 Å². The Bertz CT molecular complexity index is 844. The molecular formula is C15H16N4O2S. The Morgan fingerprint density at radius 3 is 2.77 bits per heavy atom. The molecule has 3 rings (SSSR count). The maximum atomic E-state index is 11.0. The zero-order chi connectivity index (χ0) is 15.9. The first-order chi connectivity index (χ1) is 10.5. The van der Waals surface area contributed by atoms with Crippen LogP contribution in [0.1, 0.15) is 22.2 Å². The minimum atomic E-state index is -0.371. The molecule has 7 heteroatoms. The molecule has 1 amide bonds. The Kier molecular flexibility index (Phi) is 3.58. The SMILES string of the molecule is Cc1cc(-n2c(C)cc(-c3csc(CC(N)=O)n3)c2C)no1. The Hall–Kier alpha value is -2.41. The van der Waals surface area contributed by atoms with E-state index in [0.717, 1.165) is 39.2 Å². The number of aromatic nitrogens is 3. The summed E-state index contributed by atoms with van der Waals surface area (Å²) < 4.78 is 7.18. The minimum Gasteiger partial charge on any atom is -0.369 e. The van der Waals surface area contributed by atoms with E-state index in [4.69, 9.17) is 10.3 Å². The van der Waals surface area contributed by atoms with Crippen molar-refractivity contribution in [1.29, 1.82) is 0 Å². The number of thiazole rings is 1. The van der Waals surface area contributed by atoms with Gasteiger partial charge in [0.2, 0.25) is 5.91 Å². The molecule has 0 bridgehead atoms. The van der Waals surface area contributed by atoms with E-state index in [9.17, 15) is 4.79 Å². The summed E-state index contributed by atoms with van der Waals surface area (Å²) in [6, 6.07) is 3.95. The van der Waals surface area contributed by atoms with Crippen LogP contribution in [0.15, 0.2) is 22.0 Å². The number of rotatable bonds is 4. The highest BCUT2D eigenvalue weighted by Gasteiger charge is 2.17. The molecule has 0 saturated heterocycles. The topological polar surface area (TPSA) is 86.9 Å². The maximum absolute atomic E-state index is 11.0. The summed E-state index contributed by atoms with van der Waals surface area (Å²) in [6.07, 6.45) is 0.173. The number of aryl methyl sites for hydroxylation is 2. The third kappa shape index (κ3) is 2.55. The van der Waals surface area contributed by atoms with Crippen molar-refractivity contribution in [3.05, 3.63) is 39.7 Å². The second kappa shape index (κ2) is 5.42. The van der Waals surface area contributed by atoms with E-state index in [2.05, 4.69) is 16.2 Å². The second-order valence-electron chi connectivity index (χ2n) is 5.19. The van der Waals surface area contributed by atoms with Crippen LogP contribution in [0.2, 0.25) is 0 Å². The number of primary amides is 1. The van der Waals surface area contributed by atoms with Crippen LogP contribution >= 0.6 is 11.3 Å². The Morgan fingerprint density at radius 2 is 2.14 bits per heavy atom.